The topological polar surface area (TPSA) is 289 Å². The SMILES string of the molecule is CC(C)C[C@H](NC(=O)[C@@H](NC(=O)CCCCCCCCCCCCCCC(=O)N[C@@H](CCC(N)=O)C(=O)N[C@@H](Cc1ccccc1)C(=O)O)C(C)O)C(=O)N[C@@H](Cc1ccccc1)C(N)=O. The molecular weight excluding hydrogens is 847 g/mol. The minimum Gasteiger partial charge on any atom is -0.480 e. The van der Waals surface area contributed by atoms with Crippen LogP contribution in [0.3, 0.4) is 0 Å². The Labute approximate surface area is 389 Å². The number of carboxylic acid groups (broad SMARTS) is 1. The summed E-state index contributed by atoms with van der Waals surface area (Å²) in [7, 11) is 0. The number of aliphatic carboxylic acids is 1. The molecule has 0 aromatic heterocycles. The molecule has 0 heterocycles. The van der Waals surface area contributed by atoms with E-state index in [0.717, 1.165) is 75.3 Å². The van der Waals surface area contributed by atoms with Gasteiger partial charge in [-0.05, 0) is 49.7 Å². The zero-order valence-electron chi connectivity index (χ0n) is 39.1. The van der Waals surface area contributed by atoms with Crippen LogP contribution < -0.4 is 38.1 Å². The van der Waals surface area contributed by atoms with Gasteiger partial charge in [-0.2, -0.15) is 0 Å². The molecule has 0 saturated heterocycles. The molecular formula is C49H75N7O10. The van der Waals surface area contributed by atoms with E-state index < -0.39 is 71.8 Å². The number of aliphatic hydroxyl groups is 1. The highest BCUT2D eigenvalue weighted by Crippen LogP contribution is 2.14. The minimum absolute atomic E-state index is 0.00382. The lowest BCUT2D eigenvalue weighted by molar-refractivity contribution is -0.142. The van der Waals surface area contributed by atoms with E-state index in [2.05, 4.69) is 26.6 Å². The third-order valence-electron chi connectivity index (χ3n) is 11.2. The molecule has 0 aliphatic rings. The van der Waals surface area contributed by atoms with Crippen molar-refractivity contribution in [3.8, 4) is 0 Å². The first-order valence-corrected chi connectivity index (χ1v) is 23.5. The second kappa shape index (κ2) is 31.9. The molecule has 0 spiro atoms. The van der Waals surface area contributed by atoms with E-state index >= 15 is 0 Å². The van der Waals surface area contributed by atoms with E-state index in [4.69, 9.17) is 11.5 Å². The molecule has 0 radical (unpaired) electrons. The second-order valence-corrected chi connectivity index (χ2v) is 17.6. The number of rotatable bonds is 35. The Morgan fingerprint density at radius 2 is 0.909 bits per heavy atom. The molecule has 17 nitrogen and oxygen atoms in total. The van der Waals surface area contributed by atoms with Crippen molar-refractivity contribution in [3.63, 3.8) is 0 Å². The number of carbonyl (C=O) groups is 8. The van der Waals surface area contributed by atoms with Crippen molar-refractivity contribution in [2.75, 3.05) is 0 Å². The second-order valence-electron chi connectivity index (χ2n) is 17.6. The van der Waals surface area contributed by atoms with Crippen LogP contribution in [-0.2, 0) is 51.2 Å². The number of amides is 7. The van der Waals surface area contributed by atoms with Crippen LogP contribution in [0.25, 0.3) is 0 Å². The van der Waals surface area contributed by atoms with E-state index in [-0.39, 0.29) is 62.7 Å². The van der Waals surface area contributed by atoms with E-state index in [1.807, 2.05) is 44.2 Å². The van der Waals surface area contributed by atoms with Gasteiger partial charge in [-0.15, -0.1) is 0 Å². The number of benzene rings is 2. The molecule has 366 valence electrons. The van der Waals surface area contributed by atoms with Crippen LogP contribution in [0.15, 0.2) is 60.7 Å². The molecule has 11 N–H and O–H groups in total. The Hall–Kier alpha value is -5.84. The molecule has 66 heavy (non-hydrogen) atoms. The summed E-state index contributed by atoms with van der Waals surface area (Å²) >= 11 is 0. The van der Waals surface area contributed by atoms with Crippen molar-refractivity contribution in [1.82, 2.24) is 26.6 Å². The molecule has 1 unspecified atom stereocenters. The van der Waals surface area contributed by atoms with Crippen molar-refractivity contribution in [2.45, 2.75) is 179 Å². The number of hydrogen-bond donors (Lipinski definition) is 9. The van der Waals surface area contributed by atoms with Crippen LogP contribution in [0.1, 0.15) is 141 Å². The molecule has 7 amide bonds. The number of primary amides is 2. The van der Waals surface area contributed by atoms with Gasteiger partial charge in [-0.1, -0.05) is 139 Å². The fourth-order valence-corrected chi connectivity index (χ4v) is 7.44. The summed E-state index contributed by atoms with van der Waals surface area (Å²) < 4.78 is 0. The molecule has 6 atom stereocenters. The maximum atomic E-state index is 13.3. The van der Waals surface area contributed by atoms with Crippen LogP contribution >= 0.6 is 0 Å². The molecule has 2 aromatic rings. The fraction of sp³-hybridized carbons (Fsp3) is 0.592. The normalized spacial score (nSPS) is 13.8. The minimum atomic E-state index is -1.28. The number of carbonyl (C=O) groups excluding carboxylic acids is 7. The largest absolute Gasteiger partial charge is 0.480 e. The van der Waals surface area contributed by atoms with Gasteiger partial charge in [0.15, 0.2) is 0 Å². The van der Waals surface area contributed by atoms with Gasteiger partial charge in [0.1, 0.15) is 30.2 Å². The third-order valence-corrected chi connectivity index (χ3v) is 11.2. The maximum absolute atomic E-state index is 13.3. The smallest absolute Gasteiger partial charge is 0.326 e. The number of carboxylic acids is 1. The molecule has 2 rings (SSSR count). The average molecular weight is 922 g/mol. The highest BCUT2D eigenvalue weighted by molar-refractivity contribution is 5.94. The standard InChI is InChI=1S/C49H75N7O10/c1-33(2)30-39(47(63)53-38(45(51)61)31-35-22-16-14-17-23-35)54-48(64)44(34(3)57)56-43(60)27-21-13-11-9-7-5-4-6-8-10-12-20-26-42(59)52-37(28-29-41(50)58)46(62)55-40(49(65)66)32-36-24-18-15-19-25-36/h14-19,22-25,33-34,37-40,44,57H,4-13,20-21,26-32H2,1-3H3,(H2,50,58)(H2,51,61)(H,52,59)(H,53,63)(H,54,64)(H,55,62)(H,56,60)(H,65,66)/t34?,37-,38-,39-,40-,44-/m0/s1. The summed E-state index contributed by atoms with van der Waals surface area (Å²) in [5.74, 6) is -5.28. The highest BCUT2D eigenvalue weighted by atomic mass is 16.4. The van der Waals surface area contributed by atoms with Gasteiger partial charge in [0.2, 0.25) is 41.4 Å². The van der Waals surface area contributed by atoms with Gasteiger partial charge < -0.3 is 48.3 Å². The van der Waals surface area contributed by atoms with Gasteiger partial charge in [-0.25, -0.2) is 4.79 Å². The summed E-state index contributed by atoms with van der Waals surface area (Å²) in [4.78, 5) is 101. The lowest BCUT2D eigenvalue weighted by Crippen LogP contribution is -2.59. The summed E-state index contributed by atoms with van der Waals surface area (Å²) in [5, 5.41) is 33.2. The number of unbranched alkanes of at least 4 members (excludes halogenated alkanes) is 11. The fourth-order valence-electron chi connectivity index (χ4n) is 7.44. The zero-order chi connectivity index (χ0) is 48.9. The number of hydrogen-bond acceptors (Lipinski definition) is 9. The number of nitrogens with two attached hydrogens (primary N) is 2. The molecule has 0 bridgehead atoms. The van der Waals surface area contributed by atoms with Crippen molar-refractivity contribution < 1.29 is 48.6 Å². The van der Waals surface area contributed by atoms with Crippen molar-refractivity contribution in [2.24, 2.45) is 17.4 Å². The van der Waals surface area contributed by atoms with E-state index in [0.29, 0.717) is 12.8 Å². The van der Waals surface area contributed by atoms with Gasteiger partial charge in [0, 0.05) is 32.1 Å². The first-order valence-electron chi connectivity index (χ1n) is 23.5. The van der Waals surface area contributed by atoms with Crippen LogP contribution in [0.4, 0.5) is 0 Å². The van der Waals surface area contributed by atoms with Crippen molar-refractivity contribution in [1.29, 1.82) is 0 Å². The molecule has 0 aliphatic heterocycles. The van der Waals surface area contributed by atoms with Crippen LogP contribution in [-0.4, -0.2) is 93.8 Å². The average Bonchev–Trinajstić information content (AvgIpc) is 3.26. The predicted octanol–water partition coefficient (Wildman–Crippen LogP) is 3.62. The highest BCUT2D eigenvalue weighted by Gasteiger charge is 2.32. The molecule has 0 aliphatic carbocycles. The maximum Gasteiger partial charge on any atom is 0.326 e. The van der Waals surface area contributed by atoms with Crippen molar-refractivity contribution in [3.05, 3.63) is 71.8 Å². The summed E-state index contributed by atoms with van der Waals surface area (Å²) in [6.45, 7) is 5.15. The summed E-state index contributed by atoms with van der Waals surface area (Å²) in [6, 6.07) is 12.3. The number of nitrogens with one attached hydrogen (secondary N) is 5. The van der Waals surface area contributed by atoms with E-state index in [1.54, 1.807) is 30.3 Å². The molecule has 0 fully saturated rings. The molecule has 17 heteroatoms. The van der Waals surface area contributed by atoms with Crippen LogP contribution in [0, 0.1) is 5.92 Å². The third kappa shape index (κ3) is 24.4. The first-order chi connectivity index (χ1) is 31.5. The first kappa shape index (κ1) is 56.3. The van der Waals surface area contributed by atoms with E-state index in [1.165, 1.54) is 6.92 Å². The monoisotopic (exact) mass is 922 g/mol. The van der Waals surface area contributed by atoms with Gasteiger partial charge >= 0.3 is 5.97 Å². The molecule has 0 saturated carbocycles. The quantitative estimate of drug-likeness (QED) is 0.0453. The van der Waals surface area contributed by atoms with Gasteiger partial charge in [0.25, 0.3) is 0 Å². The zero-order valence-corrected chi connectivity index (χ0v) is 39.1. The summed E-state index contributed by atoms with van der Waals surface area (Å²) in [5.41, 5.74) is 12.4. The molecule has 2 aromatic carbocycles. The van der Waals surface area contributed by atoms with Crippen LogP contribution in [0.2, 0.25) is 0 Å². The van der Waals surface area contributed by atoms with E-state index in [9.17, 15) is 48.6 Å². The lowest BCUT2D eigenvalue weighted by Gasteiger charge is -2.26. The predicted molar refractivity (Wildman–Crippen MR) is 251 cm³/mol. The van der Waals surface area contributed by atoms with Crippen molar-refractivity contribution >= 4 is 47.3 Å². The number of aliphatic hydroxyl groups excluding tert-OH is 1. The Bertz CT molecular complexity index is 1810. The summed E-state index contributed by atoms with van der Waals surface area (Å²) in [6.07, 6.45) is 10.6. The lowest BCUT2D eigenvalue weighted by atomic mass is 10.0. The Kier molecular flexibility index (Phi) is 27.2. The van der Waals surface area contributed by atoms with Gasteiger partial charge in [-0.3, -0.25) is 33.6 Å². The van der Waals surface area contributed by atoms with Crippen LogP contribution in [0.5, 0.6) is 0 Å². The Balaban J connectivity index is 1.63. The van der Waals surface area contributed by atoms with Gasteiger partial charge in [0.05, 0.1) is 6.10 Å². The Morgan fingerprint density at radius 1 is 0.500 bits per heavy atom. The Morgan fingerprint density at radius 3 is 1.33 bits per heavy atom.